The minimum atomic E-state index is -4.94. The third kappa shape index (κ3) is 4.76. The Balaban J connectivity index is 1.60. The number of hydrogen-bond acceptors (Lipinski definition) is 5. The van der Waals surface area contributed by atoms with Crippen LogP contribution in [0.25, 0.3) is 0 Å². The van der Waals surface area contributed by atoms with Gasteiger partial charge in [-0.1, -0.05) is 6.07 Å². The molecule has 1 aliphatic carbocycles. The normalized spacial score (nSPS) is 20.7. The lowest BCUT2D eigenvalue weighted by atomic mass is 10.0. The van der Waals surface area contributed by atoms with E-state index in [4.69, 9.17) is 4.74 Å². The lowest BCUT2D eigenvalue weighted by Gasteiger charge is -2.25. The molecule has 0 bridgehead atoms. The molecular weight excluding hydrogens is 458 g/mol. The molecule has 4 rings (SSSR count). The average Bonchev–Trinajstić information content (AvgIpc) is 3.41. The van der Waals surface area contributed by atoms with E-state index < -0.39 is 41.8 Å². The molecule has 11 heteroatoms. The van der Waals surface area contributed by atoms with E-state index in [1.54, 1.807) is 0 Å². The Kier molecular flexibility index (Phi) is 6.59. The van der Waals surface area contributed by atoms with Crippen LogP contribution in [-0.4, -0.2) is 48.7 Å². The number of carbonyl (C=O) groups is 1. The third-order valence-corrected chi connectivity index (χ3v) is 6.19. The van der Waals surface area contributed by atoms with Crippen LogP contribution in [0.4, 0.5) is 33.7 Å². The molecule has 184 valence electrons. The zero-order valence-electron chi connectivity index (χ0n) is 18.3. The van der Waals surface area contributed by atoms with Gasteiger partial charge in [-0.2, -0.15) is 13.2 Å². The Labute approximate surface area is 193 Å². The van der Waals surface area contributed by atoms with Crippen LogP contribution < -0.4 is 20.3 Å². The van der Waals surface area contributed by atoms with Gasteiger partial charge < -0.3 is 30.5 Å². The fraction of sp³-hybridized carbons (Fsp3) is 0.435. The number of halogens is 4. The Morgan fingerprint density at radius 2 is 1.91 bits per heavy atom. The molecule has 3 unspecified atom stereocenters. The molecule has 34 heavy (non-hydrogen) atoms. The van der Waals surface area contributed by atoms with E-state index in [2.05, 4.69) is 10.6 Å². The SMILES string of the molecule is COc1c(NC(=O)NC2Cc3ccc(F)cc3C2O)cc(N2CCCC2)cc1C(O)C(F)(F)F. The second-order valence-corrected chi connectivity index (χ2v) is 8.45. The van der Waals surface area contributed by atoms with Crippen molar-refractivity contribution < 1.29 is 37.3 Å². The van der Waals surface area contributed by atoms with Crippen molar-refractivity contribution in [3.05, 3.63) is 52.8 Å². The van der Waals surface area contributed by atoms with Gasteiger partial charge in [0, 0.05) is 24.3 Å². The Bertz CT molecular complexity index is 1070. The van der Waals surface area contributed by atoms with Crippen LogP contribution in [0.15, 0.2) is 30.3 Å². The van der Waals surface area contributed by atoms with E-state index >= 15 is 0 Å². The highest BCUT2D eigenvalue weighted by Gasteiger charge is 2.42. The molecular formula is C23H25F4N3O4. The maximum atomic E-state index is 13.5. The van der Waals surface area contributed by atoms with E-state index in [1.165, 1.54) is 30.3 Å². The molecule has 1 fully saturated rings. The predicted molar refractivity (Wildman–Crippen MR) is 116 cm³/mol. The van der Waals surface area contributed by atoms with Crippen LogP contribution in [0.2, 0.25) is 0 Å². The number of fused-ring (bicyclic) bond motifs is 1. The van der Waals surface area contributed by atoms with E-state index in [0.717, 1.165) is 20.0 Å². The summed E-state index contributed by atoms with van der Waals surface area (Å²) >= 11 is 0. The van der Waals surface area contributed by atoms with Crippen LogP contribution in [0.5, 0.6) is 5.75 Å². The first kappa shape index (κ1) is 24.1. The number of benzene rings is 2. The molecule has 0 saturated carbocycles. The number of ether oxygens (including phenoxy) is 1. The highest BCUT2D eigenvalue weighted by molar-refractivity contribution is 5.92. The predicted octanol–water partition coefficient (Wildman–Crippen LogP) is 3.81. The Morgan fingerprint density at radius 3 is 2.56 bits per heavy atom. The number of alkyl halides is 3. The topological polar surface area (TPSA) is 94.1 Å². The van der Waals surface area contributed by atoms with Crippen molar-refractivity contribution in [2.24, 2.45) is 0 Å². The minimum absolute atomic E-state index is 0.0567. The second kappa shape index (κ2) is 9.30. The van der Waals surface area contributed by atoms with Crippen LogP contribution in [0.1, 0.15) is 41.7 Å². The van der Waals surface area contributed by atoms with Crippen molar-refractivity contribution in [2.45, 2.75) is 43.7 Å². The first-order valence-corrected chi connectivity index (χ1v) is 10.8. The third-order valence-electron chi connectivity index (χ3n) is 6.19. The number of anilines is 2. The molecule has 7 nitrogen and oxygen atoms in total. The summed E-state index contributed by atoms with van der Waals surface area (Å²) in [5.41, 5.74) is 0.894. The van der Waals surface area contributed by atoms with Gasteiger partial charge in [0.25, 0.3) is 0 Å². The van der Waals surface area contributed by atoms with Crippen LogP contribution >= 0.6 is 0 Å². The van der Waals surface area contributed by atoms with Crippen LogP contribution in [-0.2, 0) is 6.42 Å². The summed E-state index contributed by atoms with van der Waals surface area (Å²) in [5.74, 6) is -0.831. The number of nitrogens with zero attached hydrogens (tertiary/aromatic N) is 1. The average molecular weight is 483 g/mol. The number of aliphatic hydroxyl groups excluding tert-OH is 2. The molecule has 4 N–H and O–H groups in total. The molecule has 1 heterocycles. The molecule has 2 aliphatic rings. The molecule has 0 spiro atoms. The largest absolute Gasteiger partial charge is 0.494 e. The lowest BCUT2D eigenvalue weighted by molar-refractivity contribution is -0.207. The molecule has 0 aromatic heterocycles. The number of amides is 2. The maximum Gasteiger partial charge on any atom is 0.418 e. The van der Waals surface area contributed by atoms with Gasteiger partial charge in [0.15, 0.2) is 6.10 Å². The summed E-state index contributed by atoms with van der Waals surface area (Å²) in [6.07, 6.45) is -6.90. The fourth-order valence-electron chi connectivity index (χ4n) is 4.54. The standard InChI is InChI=1S/C23H25F4N3O4/c1-34-20-16(21(32)23(25,26)27)10-14(30-6-2-3-7-30)11-18(20)29-22(33)28-17-8-12-4-5-13(24)9-15(12)19(17)31/h4-5,9-11,17,19,21,31-32H,2-3,6-8H2,1H3,(H2,28,29,33). The molecule has 0 radical (unpaired) electrons. The van der Waals surface area contributed by atoms with E-state index in [0.29, 0.717) is 29.9 Å². The summed E-state index contributed by atoms with van der Waals surface area (Å²) in [6.45, 7) is 1.26. The summed E-state index contributed by atoms with van der Waals surface area (Å²) in [4.78, 5) is 14.6. The number of carbonyl (C=O) groups excluding carboxylic acids is 1. The second-order valence-electron chi connectivity index (χ2n) is 8.45. The highest BCUT2D eigenvalue weighted by atomic mass is 19.4. The molecule has 3 atom stereocenters. The number of nitrogens with one attached hydrogen (secondary N) is 2. The van der Waals surface area contributed by atoms with E-state index in [9.17, 15) is 32.6 Å². The molecule has 2 amide bonds. The van der Waals surface area contributed by atoms with Gasteiger partial charge in [-0.25, -0.2) is 9.18 Å². The van der Waals surface area contributed by atoms with Gasteiger partial charge >= 0.3 is 12.2 Å². The van der Waals surface area contributed by atoms with Gasteiger partial charge in [0.2, 0.25) is 0 Å². The van der Waals surface area contributed by atoms with Gasteiger partial charge in [0.1, 0.15) is 11.6 Å². The van der Waals surface area contributed by atoms with Crippen molar-refractivity contribution in [1.29, 1.82) is 0 Å². The van der Waals surface area contributed by atoms with Crippen LogP contribution in [0, 0.1) is 5.82 Å². The number of aliphatic hydroxyl groups is 2. The van der Waals surface area contributed by atoms with E-state index in [-0.39, 0.29) is 17.9 Å². The Morgan fingerprint density at radius 1 is 1.21 bits per heavy atom. The number of hydrogen-bond donors (Lipinski definition) is 4. The van der Waals surface area contributed by atoms with Crippen LogP contribution in [0.3, 0.4) is 0 Å². The summed E-state index contributed by atoms with van der Waals surface area (Å²) in [6, 6.07) is 5.15. The van der Waals surface area contributed by atoms with Gasteiger partial charge in [-0.3, -0.25) is 0 Å². The molecule has 1 aliphatic heterocycles. The highest BCUT2D eigenvalue weighted by Crippen LogP contribution is 2.43. The first-order chi connectivity index (χ1) is 16.1. The monoisotopic (exact) mass is 483 g/mol. The Hall–Kier alpha value is -3.05. The smallest absolute Gasteiger partial charge is 0.418 e. The zero-order valence-corrected chi connectivity index (χ0v) is 18.3. The van der Waals surface area contributed by atoms with Crippen molar-refractivity contribution in [1.82, 2.24) is 5.32 Å². The van der Waals surface area contributed by atoms with Gasteiger partial charge in [0.05, 0.1) is 24.9 Å². The number of urea groups is 1. The summed E-state index contributed by atoms with van der Waals surface area (Å²) in [7, 11) is 1.15. The van der Waals surface area contributed by atoms with Gasteiger partial charge in [-0.05, 0) is 54.7 Å². The summed E-state index contributed by atoms with van der Waals surface area (Å²) in [5, 5.41) is 25.5. The fourth-order valence-corrected chi connectivity index (χ4v) is 4.54. The number of methoxy groups -OCH3 is 1. The van der Waals surface area contributed by atoms with Gasteiger partial charge in [-0.15, -0.1) is 0 Å². The minimum Gasteiger partial charge on any atom is -0.494 e. The zero-order chi connectivity index (χ0) is 24.6. The quantitative estimate of drug-likeness (QED) is 0.486. The molecule has 1 saturated heterocycles. The number of rotatable bonds is 5. The first-order valence-electron chi connectivity index (χ1n) is 10.8. The van der Waals surface area contributed by atoms with Crippen molar-refractivity contribution >= 4 is 17.4 Å². The van der Waals surface area contributed by atoms with Crippen molar-refractivity contribution in [3.8, 4) is 5.75 Å². The molecule has 2 aromatic carbocycles. The molecule has 2 aromatic rings. The van der Waals surface area contributed by atoms with Crippen molar-refractivity contribution in [2.75, 3.05) is 30.4 Å². The van der Waals surface area contributed by atoms with E-state index in [1.807, 2.05) is 4.90 Å². The maximum absolute atomic E-state index is 13.5. The lowest BCUT2D eigenvalue weighted by Crippen LogP contribution is -2.40. The summed E-state index contributed by atoms with van der Waals surface area (Å²) < 4.78 is 58.7. The van der Waals surface area contributed by atoms with Crippen molar-refractivity contribution in [3.63, 3.8) is 0 Å².